The lowest BCUT2D eigenvalue weighted by Gasteiger charge is -2.10. The quantitative estimate of drug-likeness (QED) is 0.218. The Morgan fingerprint density at radius 3 is 2.43 bits per heavy atom. The highest BCUT2D eigenvalue weighted by Gasteiger charge is 2.12. The van der Waals surface area contributed by atoms with Gasteiger partial charge in [0.05, 0.1) is 6.21 Å². The number of amides is 3. The number of hydrogen-bond donors (Lipinski definition) is 3. The zero-order valence-electron chi connectivity index (χ0n) is 20.9. The number of hydrogen-bond acceptors (Lipinski definition) is 5. The molecule has 0 aliphatic rings. The number of aryl methyl sites for hydroxylation is 1. The number of carbonyl (C=O) groups is 3. The van der Waals surface area contributed by atoms with E-state index in [-0.39, 0.29) is 19.1 Å². The van der Waals surface area contributed by atoms with Gasteiger partial charge in [0.2, 0.25) is 0 Å². The first-order valence-electron chi connectivity index (χ1n) is 11.7. The molecule has 3 aromatic rings. The van der Waals surface area contributed by atoms with Crippen LogP contribution >= 0.6 is 11.6 Å². The second-order valence-corrected chi connectivity index (χ2v) is 9.02. The van der Waals surface area contributed by atoms with E-state index >= 15 is 0 Å². The largest absolute Gasteiger partial charge is 0.483 e. The highest BCUT2D eigenvalue weighted by atomic mass is 35.5. The van der Waals surface area contributed by atoms with Gasteiger partial charge in [0, 0.05) is 22.8 Å². The molecule has 0 saturated carbocycles. The summed E-state index contributed by atoms with van der Waals surface area (Å²) in [4.78, 5) is 36.4. The summed E-state index contributed by atoms with van der Waals surface area (Å²) in [6.07, 6.45) is 1.34. The minimum Gasteiger partial charge on any atom is -0.483 e. The molecule has 3 rings (SSSR count). The number of anilines is 1. The van der Waals surface area contributed by atoms with Gasteiger partial charge in [-0.1, -0.05) is 67.9 Å². The summed E-state index contributed by atoms with van der Waals surface area (Å²) in [5.74, 6) is -1.27. The van der Waals surface area contributed by atoms with Crippen LogP contribution in [0.2, 0.25) is 5.02 Å². The first-order valence-corrected chi connectivity index (χ1v) is 12.1. The predicted molar refractivity (Wildman–Crippen MR) is 145 cm³/mol. The molecule has 8 nitrogen and oxygen atoms in total. The summed E-state index contributed by atoms with van der Waals surface area (Å²) < 4.78 is 5.61. The van der Waals surface area contributed by atoms with E-state index in [1.165, 1.54) is 11.8 Å². The van der Waals surface area contributed by atoms with Crippen molar-refractivity contribution < 1.29 is 19.1 Å². The highest BCUT2D eigenvalue weighted by Crippen LogP contribution is 2.20. The third-order valence-corrected chi connectivity index (χ3v) is 5.82. The topological polar surface area (TPSA) is 109 Å². The van der Waals surface area contributed by atoms with Gasteiger partial charge < -0.3 is 15.4 Å². The fourth-order valence-electron chi connectivity index (χ4n) is 3.22. The Kier molecular flexibility index (Phi) is 9.80. The summed E-state index contributed by atoms with van der Waals surface area (Å²) in [5, 5.41) is 9.68. The summed E-state index contributed by atoms with van der Waals surface area (Å²) in [7, 11) is 0. The van der Waals surface area contributed by atoms with Crippen LogP contribution in [0, 0.1) is 6.92 Å². The Hall–Kier alpha value is -4.17. The van der Waals surface area contributed by atoms with Gasteiger partial charge in [-0.05, 0) is 53.8 Å². The van der Waals surface area contributed by atoms with Crippen LogP contribution in [0.15, 0.2) is 71.8 Å². The molecule has 3 amide bonds. The van der Waals surface area contributed by atoms with Gasteiger partial charge in [-0.25, -0.2) is 5.43 Å². The molecule has 0 radical (unpaired) electrons. The number of para-hydroxylation sites is 1. The van der Waals surface area contributed by atoms with Crippen LogP contribution in [0.4, 0.5) is 5.69 Å². The van der Waals surface area contributed by atoms with E-state index < -0.39 is 11.8 Å². The van der Waals surface area contributed by atoms with Crippen LogP contribution in [-0.4, -0.2) is 30.5 Å². The molecule has 0 aliphatic carbocycles. The minimum absolute atomic E-state index is 0.224. The van der Waals surface area contributed by atoms with E-state index in [0.717, 1.165) is 11.1 Å². The number of benzene rings is 3. The van der Waals surface area contributed by atoms with Crippen molar-refractivity contribution in [3.63, 3.8) is 0 Å². The molecule has 0 heterocycles. The van der Waals surface area contributed by atoms with Crippen molar-refractivity contribution in [3.05, 3.63) is 94.0 Å². The molecule has 0 atom stereocenters. The van der Waals surface area contributed by atoms with Gasteiger partial charge in [-0.3, -0.25) is 14.4 Å². The summed E-state index contributed by atoms with van der Waals surface area (Å²) in [6.45, 7) is 6.06. The van der Waals surface area contributed by atoms with E-state index in [4.69, 9.17) is 16.3 Å². The van der Waals surface area contributed by atoms with Gasteiger partial charge in [0.25, 0.3) is 5.91 Å². The molecule has 0 unspecified atom stereocenters. The molecular weight excluding hydrogens is 492 g/mol. The monoisotopic (exact) mass is 520 g/mol. The number of halogens is 1. The number of rotatable bonds is 9. The predicted octanol–water partition coefficient (Wildman–Crippen LogP) is 4.56. The number of nitrogens with one attached hydrogen (secondary N) is 3. The Morgan fingerprint density at radius 1 is 1.00 bits per heavy atom. The molecule has 37 heavy (non-hydrogen) atoms. The van der Waals surface area contributed by atoms with Crippen LogP contribution in [-0.2, 0) is 20.9 Å². The van der Waals surface area contributed by atoms with Crippen molar-refractivity contribution >= 4 is 41.2 Å². The molecule has 0 spiro atoms. The summed E-state index contributed by atoms with van der Waals surface area (Å²) in [6, 6.07) is 19.9. The van der Waals surface area contributed by atoms with Gasteiger partial charge >= 0.3 is 11.8 Å². The van der Waals surface area contributed by atoms with Crippen LogP contribution < -0.4 is 20.8 Å². The first kappa shape index (κ1) is 27.4. The van der Waals surface area contributed by atoms with E-state index in [1.54, 1.807) is 36.4 Å². The maximum Gasteiger partial charge on any atom is 0.329 e. The molecule has 192 valence electrons. The summed E-state index contributed by atoms with van der Waals surface area (Å²) in [5.41, 5.74) is 6.26. The van der Waals surface area contributed by atoms with Crippen molar-refractivity contribution in [1.82, 2.24) is 10.7 Å². The number of nitrogens with zero attached hydrogens (tertiary/aromatic N) is 1. The average Bonchev–Trinajstić information content (AvgIpc) is 2.89. The summed E-state index contributed by atoms with van der Waals surface area (Å²) >= 11 is 6.09. The number of carbonyl (C=O) groups excluding carboxylic acids is 3. The van der Waals surface area contributed by atoms with Crippen LogP contribution in [0.1, 0.15) is 42.0 Å². The van der Waals surface area contributed by atoms with E-state index in [1.807, 2.05) is 37.3 Å². The molecule has 0 fully saturated rings. The lowest BCUT2D eigenvalue weighted by atomic mass is 10.0. The van der Waals surface area contributed by atoms with Gasteiger partial charge in [-0.2, -0.15) is 5.10 Å². The molecule has 0 saturated heterocycles. The maximum absolute atomic E-state index is 12.3. The average molecular weight is 521 g/mol. The molecule has 0 aliphatic heterocycles. The number of ether oxygens (including phenoxy) is 1. The second-order valence-electron chi connectivity index (χ2n) is 8.62. The molecule has 3 N–H and O–H groups in total. The Balaban J connectivity index is 1.48. The normalized spacial score (nSPS) is 10.8. The molecule has 3 aromatic carbocycles. The molecule has 0 bridgehead atoms. The van der Waals surface area contributed by atoms with Crippen molar-refractivity contribution in [2.24, 2.45) is 5.10 Å². The Morgan fingerprint density at radius 2 is 1.73 bits per heavy atom. The van der Waals surface area contributed by atoms with Gasteiger partial charge in [0.1, 0.15) is 5.75 Å². The van der Waals surface area contributed by atoms with Gasteiger partial charge in [-0.15, -0.1) is 0 Å². The fraction of sp³-hybridized carbons (Fsp3) is 0.214. The zero-order chi connectivity index (χ0) is 26.8. The van der Waals surface area contributed by atoms with E-state index in [2.05, 4.69) is 35.0 Å². The third kappa shape index (κ3) is 8.47. The van der Waals surface area contributed by atoms with Crippen LogP contribution in [0.25, 0.3) is 0 Å². The number of hydrazone groups is 1. The molecular formula is C28H29ClN4O4. The van der Waals surface area contributed by atoms with Crippen LogP contribution in [0.3, 0.4) is 0 Å². The highest BCUT2D eigenvalue weighted by molar-refractivity contribution is 6.35. The maximum atomic E-state index is 12.3. The molecule has 0 aromatic heterocycles. The zero-order valence-corrected chi connectivity index (χ0v) is 21.6. The fourth-order valence-corrected chi connectivity index (χ4v) is 3.40. The SMILES string of the molecule is Cc1ccc(NC(=O)COc2ccccc2/C=N\NC(=O)C(=O)NCc2ccc(C(C)C)cc2)cc1Cl. The standard InChI is InChI=1S/C28H29ClN4O4/c1-18(2)21-11-9-20(10-12-21)15-30-27(35)28(36)33-31-16-22-6-4-5-7-25(22)37-17-26(34)32-23-13-8-19(3)24(29)14-23/h4-14,16,18H,15,17H2,1-3H3,(H,30,35)(H,32,34)(H,33,36)/b31-16-. The van der Waals surface area contributed by atoms with Crippen molar-refractivity contribution in [1.29, 1.82) is 0 Å². The lowest BCUT2D eigenvalue weighted by molar-refractivity contribution is -0.139. The minimum atomic E-state index is -0.899. The Bertz CT molecular complexity index is 1290. The van der Waals surface area contributed by atoms with Crippen molar-refractivity contribution in [2.45, 2.75) is 33.2 Å². The van der Waals surface area contributed by atoms with Crippen molar-refractivity contribution in [3.8, 4) is 5.75 Å². The second kappa shape index (κ2) is 13.2. The lowest BCUT2D eigenvalue weighted by Crippen LogP contribution is -2.37. The Labute approximate surface area is 221 Å². The van der Waals surface area contributed by atoms with Gasteiger partial charge in [0.15, 0.2) is 6.61 Å². The van der Waals surface area contributed by atoms with E-state index in [0.29, 0.717) is 27.9 Å². The third-order valence-electron chi connectivity index (χ3n) is 5.41. The first-order chi connectivity index (χ1) is 17.7. The van der Waals surface area contributed by atoms with Crippen LogP contribution in [0.5, 0.6) is 5.75 Å². The molecule has 9 heteroatoms. The smallest absolute Gasteiger partial charge is 0.329 e. The van der Waals surface area contributed by atoms with E-state index in [9.17, 15) is 14.4 Å². The van der Waals surface area contributed by atoms with Crippen molar-refractivity contribution in [2.75, 3.05) is 11.9 Å².